The van der Waals surface area contributed by atoms with Crippen molar-refractivity contribution in [1.82, 2.24) is 0 Å². The summed E-state index contributed by atoms with van der Waals surface area (Å²) in [5, 5.41) is 9.10. The van der Waals surface area contributed by atoms with Crippen molar-refractivity contribution in [2.45, 2.75) is 4.90 Å². The summed E-state index contributed by atoms with van der Waals surface area (Å²) in [6.45, 7) is 0. The van der Waals surface area contributed by atoms with Gasteiger partial charge in [0, 0.05) is 4.90 Å². The van der Waals surface area contributed by atoms with Crippen molar-refractivity contribution in [2.75, 3.05) is 5.73 Å². The monoisotopic (exact) mass is 208 g/mol. The number of benzene rings is 1. The highest BCUT2D eigenvalue weighted by atomic mass is 32.1. The number of nitrogens with zero attached hydrogens (tertiary/aromatic N) is 1. The molecule has 0 amide bonds. The van der Waals surface area contributed by atoms with Crippen molar-refractivity contribution in [3.63, 3.8) is 0 Å². The fourth-order valence-corrected chi connectivity index (χ4v) is 1.57. The Morgan fingerprint density at radius 2 is 2.21 bits per heavy atom. The van der Waals surface area contributed by atoms with Gasteiger partial charge in [-0.05, 0) is 12.1 Å². The zero-order chi connectivity index (χ0) is 10.3. The Kier molecular flexibility index (Phi) is 1.86. The molecule has 1 aromatic carbocycles. The highest BCUT2D eigenvalue weighted by Gasteiger charge is 2.16. The summed E-state index contributed by atoms with van der Waals surface area (Å²) in [5.41, 5.74) is 5.52. The molecule has 3 nitrogen and oxygen atoms in total. The zero-order valence-corrected chi connectivity index (χ0v) is 7.81. The van der Waals surface area contributed by atoms with Crippen molar-refractivity contribution >= 4 is 29.5 Å². The smallest absolute Gasteiger partial charge is 0.209 e. The molecular weight excluding hydrogens is 203 g/mol. The van der Waals surface area contributed by atoms with Gasteiger partial charge in [-0.1, -0.05) is 0 Å². The predicted octanol–water partition coefficient (Wildman–Crippen LogP) is 2.31. The molecule has 0 saturated carbocycles. The minimum Gasteiger partial charge on any atom is -0.436 e. The van der Waals surface area contributed by atoms with Crippen LogP contribution < -0.4 is 5.73 Å². The summed E-state index contributed by atoms with van der Waals surface area (Å²) in [4.78, 5) is 0.471. The van der Waals surface area contributed by atoms with Gasteiger partial charge in [0.15, 0.2) is 11.4 Å². The number of nitriles is 1. The van der Waals surface area contributed by atoms with Crippen LogP contribution in [0.2, 0.25) is 0 Å². The van der Waals surface area contributed by atoms with Crippen LogP contribution in [0.4, 0.5) is 10.3 Å². The summed E-state index contributed by atoms with van der Waals surface area (Å²) in [6.07, 6.45) is 0. The van der Waals surface area contributed by atoms with E-state index < -0.39 is 5.82 Å². The summed E-state index contributed by atoms with van der Waals surface area (Å²) >= 11 is 4.10. The maximum Gasteiger partial charge on any atom is 0.209 e. The molecule has 0 radical (unpaired) electrons. The van der Waals surface area contributed by atoms with Crippen LogP contribution >= 0.6 is 12.6 Å². The van der Waals surface area contributed by atoms with Crippen molar-refractivity contribution in [3.05, 3.63) is 23.5 Å². The maximum atomic E-state index is 13.2. The van der Waals surface area contributed by atoms with Crippen molar-refractivity contribution in [2.24, 2.45) is 0 Å². The maximum absolute atomic E-state index is 13.2. The molecule has 1 heterocycles. The number of hydrogen-bond donors (Lipinski definition) is 2. The third kappa shape index (κ3) is 1.05. The first kappa shape index (κ1) is 8.91. The summed E-state index contributed by atoms with van der Waals surface area (Å²) in [5.74, 6) is -0.631. The SMILES string of the molecule is N#Cc1c(N)oc2c(F)ccc(S)c12. The summed E-state index contributed by atoms with van der Waals surface area (Å²) in [7, 11) is 0. The van der Waals surface area contributed by atoms with Crippen LogP contribution in [0.1, 0.15) is 5.56 Å². The van der Waals surface area contributed by atoms with Crippen molar-refractivity contribution < 1.29 is 8.81 Å². The molecular formula is C9H5FN2OS. The topological polar surface area (TPSA) is 63.0 Å². The van der Waals surface area contributed by atoms with Crippen LogP contribution in [0.15, 0.2) is 21.4 Å². The Labute approximate surface area is 84.3 Å². The van der Waals surface area contributed by atoms with E-state index in [-0.39, 0.29) is 17.0 Å². The number of nitrogen functional groups attached to an aromatic ring is 1. The minimum absolute atomic E-state index is 0.0217. The molecule has 0 unspecified atom stereocenters. The number of furan rings is 1. The van der Waals surface area contributed by atoms with E-state index in [4.69, 9.17) is 15.4 Å². The molecule has 0 saturated heterocycles. The molecule has 0 atom stereocenters. The molecule has 5 heteroatoms. The number of anilines is 1. The molecule has 0 bridgehead atoms. The number of halogens is 1. The van der Waals surface area contributed by atoms with Crippen molar-refractivity contribution in [1.29, 1.82) is 5.26 Å². The average molecular weight is 208 g/mol. The van der Waals surface area contributed by atoms with E-state index in [1.54, 1.807) is 0 Å². The highest BCUT2D eigenvalue weighted by Crippen LogP contribution is 2.33. The molecule has 1 aromatic heterocycles. The van der Waals surface area contributed by atoms with Gasteiger partial charge in [0.1, 0.15) is 11.6 Å². The lowest BCUT2D eigenvalue weighted by Gasteiger charge is -1.94. The predicted molar refractivity (Wildman–Crippen MR) is 52.6 cm³/mol. The molecule has 0 aliphatic rings. The first-order chi connectivity index (χ1) is 6.65. The minimum atomic E-state index is -0.550. The van der Waals surface area contributed by atoms with Gasteiger partial charge < -0.3 is 10.2 Å². The van der Waals surface area contributed by atoms with Crippen LogP contribution in [0.5, 0.6) is 0 Å². The second kappa shape index (κ2) is 2.93. The Balaban J connectivity index is 3.03. The molecule has 2 aromatic rings. The standard InChI is InChI=1S/C9H5FN2OS/c10-5-1-2-6(14)7-4(3-11)9(12)13-8(5)7/h1-2,14H,12H2. The Morgan fingerprint density at radius 1 is 1.50 bits per heavy atom. The van der Waals surface area contributed by atoms with Gasteiger partial charge in [-0.3, -0.25) is 0 Å². The first-order valence-corrected chi connectivity index (χ1v) is 4.19. The lowest BCUT2D eigenvalue weighted by Crippen LogP contribution is -1.83. The van der Waals surface area contributed by atoms with E-state index in [2.05, 4.69) is 12.6 Å². The van der Waals surface area contributed by atoms with Crippen molar-refractivity contribution in [3.8, 4) is 6.07 Å². The van der Waals surface area contributed by atoms with Gasteiger partial charge in [0.25, 0.3) is 0 Å². The molecule has 0 aliphatic heterocycles. The molecule has 2 rings (SSSR count). The summed E-state index contributed by atoms with van der Waals surface area (Å²) in [6, 6.07) is 4.52. The van der Waals surface area contributed by atoms with Gasteiger partial charge in [-0.2, -0.15) is 5.26 Å². The van der Waals surface area contributed by atoms with E-state index in [9.17, 15) is 4.39 Å². The molecule has 14 heavy (non-hydrogen) atoms. The zero-order valence-electron chi connectivity index (χ0n) is 6.91. The Hall–Kier alpha value is -1.67. The first-order valence-electron chi connectivity index (χ1n) is 3.74. The van der Waals surface area contributed by atoms with Crippen LogP contribution in [0, 0.1) is 17.1 Å². The van der Waals surface area contributed by atoms with Gasteiger partial charge in [-0.25, -0.2) is 4.39 Å². The van der Waals surface area contributed by atoms with Crippen LogP contribution in [0.3, 0.4) is 0 Å². The molecule has 0 fully saturated rings. The fraction of sp³-hybridized carbons (Fsp3) is 0. The van der Waals surface area contributed by atoms with Crippen LogP contribution in [-0.2, 0) is 0 Å². The number of nitrogens with two attached hydrogens (primary N) is 1. The summed E-state index contributed by atoms with van der Waals surface area (Å²) < 4.78 is 18.1. The average Bonchev–Trinajstić information content (AvgIpc) is 2.50. The second-order valence-corrected chi connectivity index (χ2v) is 3.21. The van der Waals surface area contributed by atoms with E-state index in [1.165, 1.54) is 12.1 Å². The fourth-order valence-electron chi connectivity index (χ4n) is 1.28. The van der Waals surface area contributed by atoms with Gasteiger partial charge in [-0.15, -0.1) is 12.6 Å². The quantitative estimate of drug-likeness (QED) is 0.653. The second-order valence-electron chi connectivity index (χ2n) is 2.72. The largest absolute Gasteiger partial charge is 0.436 e. The highest BCUT2D eigenvalue weighted by molar-refractivity contribution is 7.80. The molecule has 0 aliphatic carbocycles. The Morgan fingerprint density at radius 3 is 2.86 bits per heavy atom. The number of rotatable bonds is 0. The number of hydrogen-bond acceptors (Lipinski definition) is 4. The molecule has 0 spiro atoms. The van der Waals surface area contributed by atoms with E-state index >= 15 is 0 Å². The van der Waals surface area contributed by atoms with E-state index in [0.29, 0.717) is 10.3 Å². The van der Waals surface area contributed by atoms with E-state index in [0.717, 1.165) is 0 Å². The van der Waals surface area contributed by atoms with Crippen LogP contribution in [-0.4, -0.2) is 0 Å². The third-order valence-electron chi connectivity index (χ3n) is 1.91. The lowest BCUT2D eigenvalue weighted by molar-refractivity contribution is 0.570. The molecule has 2 N–H and O–H groups in total. The van der Waals surface area contributed by atoms with Gasteiger partial charge in [0.2, 0.25) is 5.88 Å². The Bertz CT molecular complexity index is 556. The normalized spacial score (nSPS) is 10.4. The lowest BCUT2D eigenvalue weighted by atomic mass is 10.2. The molecule has 70 valence electrons. The van der Waals surface area contributed by atoms with Gasteiger partial charge in [0.05, 0.1) is 5.39 Å². The third-order valence-corrected chi connectivity index (χ3v) is 2.28. The number of thiol groups is 1. The van der Waals surface area contributed by atoms with E-state index in [1.807, 2.05) is 6.07 Å². The number of fused-ring (bicyclic) bond motifs is 1. The van der Waals surface area contributed by atoms with Gasteiger partial charge >= 0.3 is 0 Å². The van der Waals surface area contributed by atoms with Crippen LogP contribution in [0.25, 0.3) is 11.0 Å².